The molecule has 4 rings (SSSR count). The van der Waals surface area contributed by atoms with Crippen molar-refractivity contribution in [3.05, 3.63) is 24.3 Å². The van der Waals surface area contributed by atoms with Crippen molar-refractivity contribution in [2.45, 2.75) is 50.2 Å². The number of nitrogens with zero attached hydrogens (tertiary/aromatic N) is 4. The van der Waals surface area contributed by atoms with Gasteiger partial charge in [0.25, 0.3) is 0 Å². The molecule has 1 saturated heterocycles. The number of amides is 1. The first-order chi connectivity index (χ1) is 14.2. The summed E-state index contributed by atoms with van der Waals surface area (Å²) >= 11 is 1.42. The molecule has 1 amide bonds. The Labute approximate surface area is 176 Å². The maximum atomic E-state index is 12.4. The minimum absolute atomic E-state index is 0.0449. The Morgan fingerprint density at radius 1 is 1.24 bits per heavy atom. The van der Waals surface area contributed by atoms with Crippen LogP contribution in [0.25, 0.3) is 5.69 Å². The summed E-state index contributed by atoms with van der Waals surface area (Å²) in [6.45, 7) is 4.03. The molecule has 1 N–H and O–H groups in total. The van der Waals surface area contributed by atoms with Gasteiger partial charge in [-0.3, -0.25) is 9.36 Å². The third-order valence-corrected chi connectivity index (χ3v) is 6.56. The standard InChI is InChI=1S/C21H29N5O2S/c1-15(16-10-11-16)22-19(27)14-29-21-24-23-20(25-12-6-3-7-13-25)26(21)17-8-4-5-9-18(17)28-2/h4-5,8-9,15-16H,3,6-7,10-14H2,1-2H3,(H,22,27)/t15-/m1/s1. The Bertz CT molecular complexity index is 845. The number of methoxy groups -OCH3 is 1. The Kier molecular flexibility index (Phi) is 6.28. The van der Waals surface area contributed by atoms with Gasteiger partial charge in [-0.15, -0.1) is 10.2 Å². The zero-order chi connectivity index (χ0) is 20.2. The Morgan fingerprint density at radius 2 is 2.00 bits per heavy atom. The first-order valence-corrected chi connectivity index (χ1v) is 11.4. The first-order valence-electron chi connectivity index (χ1n) is 10.4. The van der Waals surface area contributed by atoms with E-state index in [4.69, 9.17) is 4.74 Å². The van der Waals surface area contributed by atoms with E-state index in [1.807, 2.05) is 28.8 Å². The van der Waals surface area contributed by atoms with Gasteiger partial charge < -0.3 is 15.0 Å². The lowest BCUT2D eigenvalue weighted by Crippen LogP contribution is -2.35. The second kappa shape index (κ2) is 9.07. The number of rotatable bonds is 8. The summed E-state index contributed by atoms with van der Waals surface area (Å²) in [6.07, 6.45) is 6.00. The highest BCUT2D eigenvalue weighted by atomic mass is 32.2. The zero-order valence-corrected chi connectivity index (χ0v) is 18.0. The van der Waals surface area contributed by atoms with Crippen molar-refractivity contribution < 1.29 is 9.53 Å². The van der Waals surface area contributed by atoms with Crippen LogP contribution in [0, 0.1) is 5.92 Å². The Morgan fingerprint density at radius 3 is 2.72 bits per heavy atom. The minimum atomic E-state index is 0.0449. The molecule has 1 atom stereocenters. The lowest BCUT2D eigenvalue weighted by atomic mass is 10.1. The van der Waals surface area contributed by atoms with Crippen LogP contribution in [0.2, 0.25) is 0 Å². The fourth-order valence-corrected chi connectivity index (χ4v) is 4.57. The van der Waals surface area contributed by atoms with Gasteiger partial charge in [0.05, 0.1) is 18.6 Å². The molecule has 1 aliphatic carbocycles. The smallest absolute Gasteiger partial charge is 0.232 e. The number of aromatic nitrogens is 3. The number of anilines is 1. The predicted molar refractivity (Wildman–Crippen MR) is 115 cm³/mol. The van der Waals surface area contributed by atoms with Gasteiger partial charge in [-0.1, -0.05) is 23.9 Å². The number of benzene rings is 1. The molecule has 1 aromatic heterocycles. The summed E-state index contributed by atoms with van der Waals surface area (Å²) in [7, 11) is 1.67. The average molecular weight is 416 g/mol. The topological polar surface area (TPSA) is 72.3 Å². The van der Waals surface area contributed by atoms with Crippen molar-refractivity contribution >= 4 is 23.6 Å². The number of thioether (sulfide) groups is 1. The van der Waals surface area contributed by atoms with Gasteiger partial charge in [-0.25, -0.2) is 0 Å². The number of ether oxygens (including phenoxy) is 1. The zero-order valence-electron chi connectivity index (χ0n) is 17.1. The number of hydrogen-bond donors (Lipinski definition) is 1. The van der Waals surface area contributed by atoms with Crippen LogP contribution in [0.3, 0.4) is 0 Å². The van der Waals surface area contributed by atoms with Crippen LogP contribution in [-0.2, 0) is 4.79 Å². The van der Waals surface area contributed by atoms with E-state index >= 15 is 0 Å². The fourth-order valence-electron chi connectivity index (χ4n) is 3.82. The van der Waals surface area contributed by atoms with Gasteiger partial charge in [-0.05, 0) is 57.1 Å². The van der Waals surface area contributed by atoms with Crippen LogP contribution in [0.4, 0.5) is 5.95 Å². The second-order valence-electron chi connectivity index (χ2n) is 7.82. The molecule has 2 aromatic rings. The molecule has 0 spiro atoms. The molecular formula is C21H29N5O2S. The number of carbonyl (C=O) groups excluding carboxylic acids is 1. The molecule has 8 heteroatoms. The van der Waals surface area contributed by atoms with E-state index in [1.54, 1.807) is 7.11 Å². The molecule has 1 aliphatic heterocycles. The quantitative estimate of drug-likeness (QED) is 0.667. The molecule has 0 radical (unpaired) electrons. The van der Waals surface area contributed by atoms with Gasteiger partial charge >= 0.3 is 0 Å². The van der Waals surface area contributed by atoms with Crippen molar-refractivity contribution in [1.82, 2.24) is 20.1 Å². The summed E-state index contributed by atoms with van der Waals surface area (Å²) in [6, 6.07) is 8.13. The number of para-hydroxylation sites is 2. The fraction of sp³-hybridized carbons (Fsp3) is 0.571. The summed E-state index contributed by atoms with van der Waals surface area (Å²) in [5, 5.41) is 12.8. The van der Waals surface area contributed by atoms with Gasteiger partial charge in [0.2, 0.25) is 11.9 Å². The van der Waals surface area contributed by atoms with Crippen LogP contribution in [0.5, 0.6) is 5.75 Å². The number of carbonyl (C=O) groups is 1. The number of piperidine rings is 1. The highest BCUT2D eigenvalue weighted by molar-refractivity contribution is 7.99. The summed E-state index contributed by atoms with van der Waals surface area (Å²) in [5.41, 5.74) is 0.898. The minimum Gasteiger partial charge on any atom is -0.495 e. The Balaban J connectivity index is 1.57. The van der Waals surface area contributed by atoms with Crippen molar-refractivity contribution in [2.24, 2.45) is 5.92 Å². The lowest BCUT2D eigenvalue weighted by Gasteiger charge is -2.28. The van der Waals surface area contributed by atoms with Crippen LogP contribution >= 0.6 is 11.8 Å². The van der Waals surface area contributed by atoms with E-state index < -0.39 is 0 Å². The molecule has 1 aromatic carbocycles. The molecule has 7 nitrogen and oxygen atoms in total. The lowest BCUT2D eigenvalue weighted by molar-refractivity contribution is -0.119. The van der Waals surface area contributed by atoms with Crippen molar-refractivity contribution in [1.29, 1.82) is 0 Å². The highest BCUT2D eigenvalue weighted by Crippen LogP contribution is 2.34. The van der Waals surface area contributed by atoms with Crippen LogP contribution in [0.15, 0.2) is 29.4 Å². The molecule has 2 heterocycles. The first kappa shape index (κ1) is 20.1. The molecule has 1 saturated carbocycles. The van der Waals surface area contributed by atoms with E-state index in [-0.39, 0.29) is 11.9 Å². The molecule has 156 valence electrons. The highest BCUT2D eigenvalue weighted by Gasteiger charge is 2.29. The molecule has 0 unspecified atom stereocenters. The van der Waals surface area contributed by atoms with E-state index in [0.29, 0.717) is 16.8 Å². The Hall–Kier alpha value is -2.22. The van der Waals surface area contributed by atoms with Crippen molar-refractivity contribution in [3.8, 4) is 11.4 Å². The van der Waals surface area contributed by atoms with Crippen LogP contribution < -0.4 is 15.0 Å². The molecule has 2 fully saturated rings. The third-order valence-electron chi connectivity index (χ3n) is 5.63. The van der Waals surface area contributed by atoms with Gasteiger partial charge in [0, 0.05) is 19.1 Å². The van der Waals surface area contributed by atoms with E-state index in [0.717, 1.165) is 43.3 Å². The SMILES string of the molecule is COc1ccccc1-n1c(SCC(=O)N[C@H](C)C2CC2)nnc1N1CCCCC1. The molecule has 29 heavy (non-hydrogen) atoms. The van der Waals surface area contributed by atoms with Gasteiger partial charge in [0.15, 0.2) is 5.16 Å². The van der Waals surface area contributed by atoms with Crippen LogP contribution in [-0.4, -0.2) is 52.7 Å². The molecular weight excluding hydrogens is 386 g/mol. The van der Waals surface area contributed by atoms with E-state index in [2.05, 4.69) is 27.3 Å². The summed E-state index contributed by atoms with van der Waals surface area (Å²) in [4.78, 5) is 14.7. The maximum Gasteiger partial charge on any atom is 0.232 e. The van der Waals surface area contributed by atoms with Crippen molar-refractivity contribution in [2.75, 3.05) is 30.9 Å². The summed E-state index contributed by atoms with van der Waals surface area (Å²) in [5.74, 6) is 2.60. The molecule has 0 bridgehead atoms. The van der Waals surface area contributed by atoms with E-state index in [1.165, 1.54) is 31.0 Å². The summed E-state index contributed by atoms with van der Waals surface area (Å²) < 4.78 is 7.63. The number of nitrogens with one attached hydrogen (secondary N) is 1. The predicted octanol–water partition coefficient (Wildman–Crippen LogP) is 3.27. The molecule has 2 aliphatic rings. The van der Waals surface area contributed by atoms with Crippen molar-refractivity contribution in [3.63, 3.8) is 0 Å². The van der Waals surface area contributed by atoms with Crippen LogP contribution in [0.1, 0.15) is 39.0 Å². The third kappa shape index (κ3) is 4.69. The maximum absolute atomic E-state index is 12.4. The van der Waals surface area contributed by atoms with E-state index in [9.17, 15) is 4.79 Å². The largest absolute Gasteiger partial charge is 0.495 e. The monoisotopic (exact) mass is 415 g/mol. The normalized spacial score (nSPS) is 17.8. The van der Waals surface area contributed by atoms with Gasteiger partial charge in [0.1, 0.15) is 5.75 Å². The second-order valence-corrected chi connectivity index (χ2v) is 8.76. The number of hydrogen-bond acceptors (Lipinski definition) is 6. The van der Waals surface area contributed by atoms with Gasteiger partial charge in [-0.2, -0.15) is 0 Å². The average Bonchev–Trinajstić information content (AvgIpc) is 3.52.